The van der Waals surface area contributed by atoms with Crippen molar-refractivity contribution in [1.82, 2.24) is 5.32 Å². The Morgan fingerprint density at radius 1 is 1.90 bits per heavy atom. The molecule has 0 unspecified atom stereocenters. The maximum absolute atomic E-state index is 10.2. The summed E-state index contributed by atoms with van der Waals surface area (Å²) in [5.41, 5.74) is 0. The van der Waals surface area contributed by atoms with Crippen molar-refractivity contribution in [2.75, 3.05) is 6.54 Å². The van der Waals surface area contributed by atoms with Crippen molar-refractivity contribution >= 4 is 21.9 Å². The van der Waals surface area contributed by atoms with Gasteiger partial charge in [0.25, 0.3) is 0 Å². The number of aliphatic carboxylic acids is 1. The summed E-state index contributed by atoms with van der Waals surface area (Å²) in [6.45, 7) is 5.61. The summed E-state index contributed by atoms with van der Waals surface area (Å²) < 4.78 is 0.751. The van der Waals surface area contributed by atoms with Gasteiger partial charge in [0.2, 0.25) is 0 Å². The highest BCUT2D eigenvalue weighted by Crippen LogP contribution is 1.97. The van der Waals surface area contributed by atoms with E-state index in [0.29, 0.717) is 6.54 Å². The van der Waals surface area contributed by atoms with Gasteiger partial charge in [-0.25, -0.2) is 0 Å². The first kappa shape index (κ1) is 9.65. The molecule has 0 radical (unpaired) electrons. The number of carboxylic acid groups (broad SMARTS) is 1. The van der Waals surface area contributed by atoms with Gasteiger partial charge in [0.1, 0.15) is 6.04 Å². The van der Waals surface area contributed by atoms with Gasteiger partial charge in [-0.3, -0.25) is 4.79 Å². The van der Waals surface area contributed by atoms with Crippen molar-refractivity contribution in [2.24, 2.45) is 0 Å². The number of carbonyl (C=O) groups is 1. The Bertz CT molecular complexity index is 147. The third-order valence-corrected chi connectivity index (χ3v) is 1.25. The van der Waals surface area contributed by atoms with Crippen LogP contribution >= 0.6 is 15.9 Å². The lowest BCUT2D eigenvalue weighted by molar-refractivity contribution is -0.138. The standard InChI is InChI=1S/C6H10BrNO2/c1-4(7)3-8-5(2)6(9)10/h5,8H,1,3H2,2H3,(H,9,10)/t5-/m1/s1. The lowest BCUT2D eigenvalue weighted by atomic mass is 10.3. The van der Waals surface area contributed by atoms with Crippen LogP contribution in [0.25, 0.3) is 0 Å². The largest absolute Gasteiger partial charge is 0.480 e. The van der Waals surface area contributed by atoms with Crippen LogP contribution in [0.2, 0.25) is 0 Å². The number of nitrogens with one attached hydrogen (secondary N) is 1. The Hall–Kier alpha value is -0.350. The normalized spacial score (nSPS) is 12.6. The first-order chi connectivity index (χ1) is 4.54. The zero-order valence-corrected chi connectivity index (χ0v) is 7.31. The van der Waals surface area contributed by atoms with E-state index < -0.39 is 12.0 Å². The molecule has 0 aromatic heterocycles. The van der Waals surface area contributed by atoms with Gasteiger partial charge in [0, 0.05) is 11.0 Å². The van der Waals surface area contributed by atoms with E-state index in [1.807, 2.05) is 0 Å². The second-order valence-electron chi connectivity index (χ2n) is 1.96. The molecule has 0 aliphatic heterocycles. The van der Waals surface area contributed by atoms with Gasteiger partial charge in [-0.1, -0.05) is 22.5 Å². The van der Waals surface area contributed by atoms with Gasteiger partial charge in [-0.15, -0.1) is 0 Å². The van der Waals surface area contributed by atoms with Crippen molar-refractivity contribution in [3.63, 3.8) is 0 Å². The highest BCUT2D eigenvalue weighted by molar-refractivity contribution is 9.11. The van der Waals surface area contributed by atoms with Gasteiger partial charge < -0.3 is 10.4 Å². The van der Waals surface area contributed by atoms with Crippen LogP contribution < -0.4 is 5.32 Å². The average Bonchev–Trinajstić information content (AvgIpc) is 1.82. The van der Waals surface area contributed by atoms with Crippen LogP contribution in [-0.2, 0) is 4.79 Å². The summed E-state index contributed by atoms with van der Waals surface area (Å²) in [5.74, 6) is -0.853. The monoisotopic (exact) mass is 207 g/mol. The van der Waals surface area contributed by atoms with E-state index in [1.165, 1.54) is 0 Å². The molecular weight excluding hydrogens is 198 g/mol. The number of hydrogen-bond acceptors (Lipinski definition) is 2. The maximum atomic E-state index is 10.2. The van der Waals surface area contributed by atoms with E-state index in [2.05, 4.69) is 27.8 Å². The molecular formula is C6H10BrNO2. The summed E-state index contributed by atoms with van der Waals surface area (Å²) in [6.07, 6.45) is 0. The van der Waals surface area contributed by atoms with Gasteiger partial charge in [-0.2, -0.15) is 0 Å². The molecule has 0 aromatic carbocycles. The smallest absolute Gasteiger partial charge is 0.320 e. The van der Waals surface area contributed by atoms with Crippen LogP contribution in [0, 0.1) is 0 Å². The molecule has 0 aliphatic carbocycles. The Morgan fingerprint density at radius 2 is 2.40 bits per heavy atom. The predicted molar refractivity (Wildman–Crippen MR) is 43.2 cm³/mol. The van der Waals surface area contributed by atoms with Gasteiger partial charge in [-0.05, 0) is 6.92 Å². The Morgan fingerprint density at radius 3 is 2.70 bits per heavy atom. The lowest BCUT2D eigenvalue weighted by Gasteiger charge is -2.06. The molecule has 0 saturated carbocycles. The SMILES string of the molecule is C=C(Br)CN[C@H](C)C(=O)O. The number of hydrogen-bond donors (Lipinski definition) is 2. The first-order valence-electron chi connectivity index (χ1n) is 2.83. The maximum Gasteiger partial charge on any atom is 0.320 e. The minimum atomic E-state index is -0.853. The first-order valence-corrected chi connectivity index (χ1v) is 3.63. The number of carboxylic acids is 1. The van der Waals surface area contributed by atoms with E-state index in [9.17, 15) is 4.79 Å². The van der Waals surface area contributed by atoms with Crippen LogP contribution in [0.3, 0.4) is 0 Å². The van der Waals surface area contributed by atoms with Gasteiger partial charge in [0.05, 0.1) is 0 Å². The Labute approximate surface area is 68.2 Å². The molecule has 0 fully saturated rings. The molecule has 2 N–H and O–H groups in total. The Kier molecular flexibility index (Phi) is 4.31. The molecule has 3 nitrogen and oxygen atoms in total. The van der Waals surface area contributed by atoms with Crippen molar-refractivity contribution in [1.29, 1.82) is 0 Å². The van der Waals surface area contributed by atoms with Crippen LogP contribution in [0.1, 0.15) is 6.92 Å². The van der Waals surface area contributed by atoms with Crippen LogP contribution in [0.15, 0.2) is 11.1 Å². The molecule has 0 bridgehead atoms. The molecule has 0 aliphatic rings. The zero-order valence-electron chi connectivity index (χ0n) is 5.72. The van der Waals surface area contributed by atoms with Crippen molar-refractivity contribution in [3.05, 3.63) is 11.1 Å². The van der Waals surface area contributed by atoms with E-state index in [1.54, 1.807) is 6.92 Å². The highest BCUT2D eigenvalue weighted by Gasteiger charge is 2.08. The quantitative estimate of drug-likeness (QED) is 0.723. The average molecular weight is 208 g/mol. The summed E-state index contributed by atoms with van der Waals surface area (Å²) in [4.78, 5) is 10.2. The van der Waals surface area contributed by atoms with Crippen LogP contribution in [-0.4, -0.2) is 23.7 Å². The number of halogens is 1. The zero-order chi connectivity index (χ0) is 8.15. The van der Waals surface area contributed by atoms with Gasteiger partial charge in [0.15, 0.2) is 0 Å². The molecule has 0 spiro atoms. The summed E-state index contributed by atoms with van der Waals surface area (Å²) in [7, 11) is 0. The fraction of sp³-hybridized carbons (Fsp3) is 0.500. The fourth-order valence-corrected chi connectivity index (χ4v) is 0.513. The van der Waals surface area contributed by atoms with Crippen molar-refractivity contribution in [3.8, 4) is 0 Å². The van der Waals surface area contributed by atoms with E-state index in [0.717, 1.165) is 4.48 Å². The minimum Gasteiger partial charge on any atom is -0.480 e. The molecule has 1 atom stereocenters. The molecule has 0 saturated heterocycles. The van der Waals surface area contributed by atoms with E-state index in [4.69, 9.17) is 5.11 Å². The second-order valence-corrected chi connectivity index (χ2v) is 3.08. The topological polar surface area (TPSA) is 49.3 Å². The minimum absolute atomic E-state index is 0.480. The molecule has 58 valence electrons. The van der Waals surface area contributed by atoms with Gasteiger partial charge >= 0.3 is 5.97 Å². The summed E-state index contributed by atoms with van der Waals surface area (Å²) >= 11 is 3.10. The third-order valence-electron chi connectivity index (χ3n) is 0.970. The van der Waals surface area contributed by atoms with E-state index in [-0.39, 0.29) is 0 Å². The number of rotatable bonds is 4. The molecule has 4 heteroatoms. The summed E-state index contributed by atoms with van der Waals surface area (Å²) in [5, 5.41) is 11.1. The lowest BCUT2D eigenvalue weighted by Crippen LogP contribution is -2.34. The van der Waals surface area contributed by atoms with Crippen molar-refractivity contribution < 1.29 is 9.90 Å². The van der Waals surface area contributed by atoms with Crippen LogP contribution in [0.4, 0.5) is 0 Å². The van der Waals surface area contributed by atoms with E-state index >= 15 is 0 Å². The molecule has 10 heavy (non-hydrogen) atoms. The molecule has 0 heterocycles. The molecule has 0 amide bonds. The Balaban J connectivity index is 3.49. The second kappa shape index (κ2) is 4.46. The molecule has 0 rings (SSSR count). The highest BCUT2D eigenvalue weighted by atomic mass is 79.9. The van der Waals surface area contributed by atoms with Crippen LogP contribution in [0.5, 0.6) is 0 Å². The summed E-state index contributed by atoms with van der Waals surface area (Å²) in [6, 6.07) is -0.519. The molecule has 0 aromatic rings. The predicted octanol–water partition coefficient (Wildman–Crippen LogP) is 0.958. The fourth-order valence-electron chi connectivity index (χ4n) is 0.351. The third kappa shape index (κ3) is 4.52. The van der Waals surface area contributed by atoms with Crippen molar-refractivity contribution in [2.45, 2.75) is 13.0 Å².